The third kappa shape index (κ3) is 3.00. The van der Waals surface area contributed by atoms with Crippen molar-refractivity contribution in [2.45, 2.75) is 45.7 Å². The normalized spacial score (nSPS) is 20.8. The van der Waals surface area contributed by atoms with Gasteiger partial charge in [0.05, 0.1) is 6.54 Å². The highest BCUT2D eigenvalue weighted by Gasteiger charge is 2.47. The fraction of sp³-hybridized carbons (Fsp3) is 0.562. The first-order valence-corrected chi connectivity index (χ1v) is 7.65. The Morgan fingerprint density at radius 2 is 2.04 bits per heavy atom. The Kier molecular flexibility index (Phi) is 4.58. The summed E-state index contributed by atoms with van der Waals surface area (Å²) in [4.78, 5) is 39.6. The van der Waals surface area contributed by atoms with Gasteiger partial charge >= 0.3 is 5.97 Å². The number of carbonyl (C=O) groups excluding carboxylic acids is 2. The van der Waals surface area contributed by atoms with Gasteiger partial charge in [0.15, 0.2) is 5.78 Å². The molecule has 0 bridgehead atoms. The van der Waals surface area contributed by atoms with E-state index in [2.05, 4.69) is 4.98 Å². The summed E-state index contributed by atoms with van der Waals surface area (Å²) >= 11 is 0. The molecule has 1 aromatic heterocycles. The summed E-state index contributed by atoms with van der Waals surface area (Å²) in [5.41, 5.74) is -0.392. The Bertz CT molecular complexity index is 667. The summed E-state index contributed by atoms with van der Waals surface area (Å²) < 4.78 is 14.2. The highest BCUT2D eigenvalue weighted by atomic mass is 19.1. The van der Waals surface area contributed by atoms with Crippen LogP contribution < -0.4 is 0 Å². The molecule has 0 aromatic carbocycles. The van der Waals surface area contributed by atoms with E-state index in [4.69, 9.17) is 5.11 Å². The number of H-pyrrole nitrogens is 1. The van der Waals surface area contributed by atoms with Crippen molar-refractivity contribution in [3.8, 4) is 0 Å². The Morgan fingerprint density at radius 1 is 1.39 bits per heavy atom. The maximum atomic E-state index is 14.2. The number of aromatic amines is 1. The van der Waals surface area contributed by atoms with Crippen LogP contribution in [0.25, 0.3) is 0 Å². The number of likely N-dealkylation sites (tertiary alicyclic amines) is 1. The average molecular weight is 324 g/mol. The molecule has 2 rings (SSSR count). The fourth-order valence-corrected chi connectivity index (χ4v) is 3.11. The number of amides is 1. The summed E-state index contributed by atoms with van der Waals surface area (Å²) in [5.74, 6) is -2.13. The largest absolute Gasteiger partial charge is 0.479 e. The molecule has 1 atom stereocenters. The van der Waals surface area contributed by atoms with Crippen LogP contribution in [0.3, 0.4) is 0 Å². The maximum Gasteiger partial charge on any atom is 0.343 e. The van der Waals surface area contributed by atoms with E-state index in [0.29, 0.717) is 23.2 Å². The predicted molar refractivity (Wildman–Crippen MR) is 81.5 cm³/mol. The van der Waals surface area contributed by atoms with Crippen molar-refractivity contribution in [1.82, 2.24) is 9.88 Å². The van der Waals surface area contributed by atoms with E-state index < -0.39 is 24.1 Å². The topological polar surface area (TPSA) is 90.5 Å². The zero-order valence-electron chi connectivity index (χ0n) is 13.5. The number of nitrogens with zero attached hydrogens (tertiary/aromatic N) is 1. The molecule has 0 aliphatic carbocycles. The number of hydrogen-bond acceptors (Lipinski definition) is 3. The molecule has 1 fully saturated rings. The third-order valence-corrected chi connectivity index (χ3v) is 4.25. The molecule has 2 N–H and O–H groups in total. The number of ketones is 1. The second kappa shape index (κ2) is 6.14. The van der Waals surface area contributed by atoms with Gasteiger partial charge in [0, 0.05) is 24.2 Å². The van der Waals surface area contributed by atoms with Gasteiger partial charge in [-0.05, 0) is 25.8 Å². The Balaban J connectivity index is 2.35. The lowest BCUT2D eigenvalue weighted by Gasteiger charge is -2.18. The smallest absolute Gasteiger partial charge is 0.343 e. The quantitative estimate of drug-likeness (QED) is 0.812. The van der Waals surface area contributed by atoms with Crippen LogP contribution in [0.5, 0.6) is 0 Å². The minimum absolute atomic E-state index is 0.0423. The Morgan fingerprint density at radius 3 is 2.52 bits per heavy atom. The number of aromatic nitrogens is 1. The van der Waals surface area contributed by atoms with Crippen LogP contribution in [-0.4, -0.2) is 51.4 Å². The maximum absolute atomic E-state index is 14.2. The first kappa shape index (κ1) is 17.2. The number of Topliss-reactive ketones (excluding diaryl/α,β-unsaturated/α-hetero) is 1. The average Bonchev–Trinajstić information content (AvgIpc) is 3.01. The number of halogens is 1. The summed E-state index contributed by atoms with van der Waals surface area (Å²) in [7, 11) is 0. The van der Waals surface area contributed by atoms with Crippen molar-refractivity contribution in [1.29, 1.82) is 0 Å². The van der Waals surface area contributed by atoms with E-state index in [-0.39, 0.29) is 24.4 Å². The molecule has 1 aliphatic rings. The number of carboxylic acid groups (broad SMARTS) is 1. The Hall–Kier alpha value is -2.18. The van der Waals surface area contributed by atoms with Crippen molar-refractivity contribution in [3.05, 3.63) is 22.5 Å². The third-order valence-electron chi connectivity index (χ3n) is 4.25. The molecular formula is C16H21FN2O4. The first-order valence-electron chi connectivity index (χ1n) is 7.65. The van der Waals surface area contributed by atoms with E-state index in [1.165, 1.54) is 11.8 Å². The molecule has 2 heterocycles. The van der Waals surface area contributed by atoms with Crippen molar-refractivity contribution in [2.75, 3.05) is 13.1 Å². The molecule has 1 aliphatic heterocycles. The molecule has 6 nitrogen and oxygen atoms in total. The van der Waals surface area contributed by atoms with Crippen molar-refractivity contribution in [3.63, 3.8) is 0 Å². The van der Waals surface area contributed by atoms with Crippen LogP contribution in [0, 0.1) is 6.92 Å². The molecule has 1 saturated heterocycles. The van der Waals surface area contributed by atoms with E-state index in [0.717, 1.165) is 6.42 Å². The van der Waals surface area contributed by atoms with Crippen LogP contribution in [0.4, 0.5) is 4.39 Å². The summed E-state index contributed by atoms with van der Waals surface area (Å²) in [6.07, 6.45) is 1.07. The van der Waals surface area contributed by atoms with Gasteiger partial charge in [0.1, 0.15) is 5.69 Å². The van der Waals surface area contributed by atoms with E-state index in [1.807, 2.05) is 6.92 Å². The van der Waals surface area contributed by atoms with Gasteiger partial charge in [-0.2, -0.15) is 0 Å². The lowest BCUT2D eigenvalue weighted by molar-refractivity contribution is -0.149. The molecule has 7 heteroatoms. The zero-order valence-corrected chi connectivity index (χ0v) is 13.5. The zero-order chi connectivity index (χ0) is 17.4. The SMILES string of the molecule is CCCc1c(C(=O)N2CCC(F)(C(=O)O)C2)[nH]c(C)c1C(C)=O. The number of rotatable bonds is 5. The number of nitrogens with one attached hydrogen (secondary N) is 1. The van der Waals surface area contributed by atoms with Gasteiger partial charge in [-0.25, -0.2) is 9.18 Å². The molecule has 0 radical (unpaired) electrons. The molecule has 0 spiro atoms. The van der Waals surface area contributed by atoms with Crippen molar-refractivity contribution < 1.29 is 23.9 Å². The summed E-state index contributed by atoms with van der Waals surface area (Å²) in [5, 5.41) is 8.94. The lowest BCUT2D eigenvalue weighted by atomic mass is 10.0. The van der Waals surface area contributed by atoms with Crippen LogP contribution in [0.15, 0.2) is 0 Å². The lowest BCUT2D eigenvalue weighted by Crippen LogP contribution is -2.39. The predicted octanol–water partition coefficient (Wildman–Crippen LogP) is 2.12. The number of carboxylic acids is 1. The fourth-order valence-electron chi connectivity index (χ4n) is 3.11. The van der Waals surface area contributed by atoms with Crippen molar-refractivity contribution >= 4 is 17.7 Å². The van der Waals surface area contributed by atoms with Crippen LogP contribution in [0.2, 0.25) is 0 Å². The van der Waals surface area contributed by atoms with E-state index in [9.17, 15) is 18.8 Å². The van der Waals surface area contributed by atoms with Crippen LogP contribution >= 0.6 is 0 Å². The molecule has 126 valence electrons. The standard InChI is InChI=1S/C16H21FN2O4/c1-4-5-11-12(10(3)20)9(2)18-13(11)14(21)19-7-6-16(17,8-19)15(22)23/h18H,4-8H2,1-3H3,(H,22,23). The van der Waals surface area contributed by atoms with Gasteiger partial charge in [-0.3, -0.25) is 9.59 Å². The Labute approximate surface area is 133 Å². The number of hydrogen-bond donors (Lipinski definition) is 2. The van der Waals surface area contributed by atoms with Gasteiger partial charge in [-0.1, -0.05) is 13.3 Å². The van der Waals surface area contributed by atoms with Crippen molar-refractivity contribution in [2.24, 2.45) is 0 Å². The molecule has 0 saturated carbocycles. The van der Waals surface area contributed by atoms with Gasteiger partial charge in [0.2, 0.25) is 5.67 Å². The number of aliphatic carboxylic acids is 1. The minimum atomic E-state index is -2.40. The summed E-state index contributed by atoms with van der Waals surface area (Å²) in [6.45, 7) is 4.66. The molecule has 23 heavy (non-hydrogen) atoms. The highest BCUT2D eigenvalue weighted by molar-refractivity contribution is 6.03. The molecule has 1 amide bonds. The van der Waals surface area contributed by atoms with E-state index >= 15 is 0 Å². The van der Waals surface area contributed by atoms with E-state index in [1.54, 1.807) is 6.92 Å². The van der Waals surface area contributed by atoms with Gasteiger partial charge in [0.25, 0.3) is 5.91 Å². The molecular weight excluding hydrogens is 303 g/mol. The van der Waals surface area contributed by atoms with Crippen LogP contribution in [0.1, 0.15) is 58.8 Å². The second-order valence-corrected chi connectivity index (χ2v) is 6.03. The molecule has 1 aromatic rings. The highest BCUT2D eigenvalue weighted by Crippen LogP contribution is 2.29. The number of carbonyl (C=O) groups is 3. The minimum Gasteiger partial charge on any atom is -0.479 e. The van der Waals surface area contributed by atoms with Crippen LogP contribution in [-0.2, 0) is 11.2 Å². The summed E-state index contributed by atoms with van der Waals surface area (Å²) in [6, 6.07) is 0. The number of alkyl halides is 1. The second-order valence-electron chi connectivity index (χ2n) is 6.03. The van der Waals surface area contributed by atoms with Gasteiger partial charge in [-0.15, -0.1) is 0 Å². The first-order chi connectivity index (χ1) is 10.7. The number of aryl methyl sites for hydroxylation is 1. The van der Waals surface area contributed by atoms with Gasteiger partial charge < -0.3 is 15.0 Å². The molecule has 1 unspecified atom stereocenters. The monoisotopic (exact) mass is 324 g/mol.